The smallest absolute Gasteiger partial charge is 0.434 e. The minimum Gasteiger partial charge on any atom is -0.442 e. The third-order valence-corrected chi connectivity index (χ3v) is 4.82. The van der Waals surface area contributed by atoms with Gasteiger partial charge in [-0.15, -0.1) is 0 Å². The van der Waals surface area contributed by atoms with Crippen LogP contribution in [-0.4, -0.2) is 38.1 Å². The number of hydrogen-bond acceptors (Lipinski definition) is 5. The van der Waals surface area contributed by atoms with Crippen LogP contribution in [0, 0.1) is 11.8 Å². The summed E-state index contributed by atoms with van der Waals surface area (Å²) in [6.07, 6.45) is 6.66. The number of aryl methyl sites for hydroxylation is 1. The van der Waals surface area contributed by atoms with E-state index in [1.807, 2.05) is 45.2 Å². The third kappa shape index (κ3) is 5.45. The van der Waals surface area contributed by atoms with Crippen LogP contribution >= 0.6 is 0 Å². The summed E-state index contributed by atoms with van der Waals surface area (Å²) in [5.74, 6) is -0.371. The van der Waals surface area contributed by atoms with Crippen molar-refractivity contribution < 1.29 is 14.3 Å². The molecule has 0 saturated heterocycles. The first-order chi connectivity index (χ1) is 14.5. The molecule has 2 amide bonds. The fourth-order valence-electron chi connectivity index (χ4n) is 3.36. The van der Waals surface area contributed by atoms with Crippen LogP contribution in [0.25, 0.3) is 11.3 Å². The van der Waals surface area contributed by atoms with E-state index in [9.17, 15) is 9.59 Å². The predicted octanol–water partition coefficient (Wildman–Crippen LogP) is 4.38. The van der Waals surface area contributed by atoms with Crippen molar-refractivity contribution in [2.75, 3.05) is 5.32 Å². The molecule has 164 valence electrons. The summed E-state index contributed by atoms with van der Waals surface area (Å²) in [6.45, 7) is 9.36. The van der Waals surface area contributed by atoms with Gasteiger partial charge in [-0.3, -0.25) is 14.5 Å². The van der Waals surface area contributed by atoms with E-state index >= 15 is 0 Å². The number of carbonyl (C=O) groups excluding carboxylic acids is 2. The van der Waals surface area contributed by atoms with Crippen LogP contribution in [0.5, 0.6) is 0 Å². The van der Waals surface area contributed by atoms with Crippen molar-refractivity contribution in [1.82, 2.24) is 14.8 Å². The van der Waals surface area contributed by atoms with Crippen molar-refractivity contribution >= 4 is 23.4 Å². The molecule has 2 bridgehead atoms. The topological polar surface area (TPSA) is 98.5 Å². The fourth-order valence-corrected chi connectivity index (χ4v) is 3.36. The number of nitrogens with zero attached hydrogens (tertiary/aromatic N) is 4. The number of amides is 2. The Balaban J connectivity index is 2.14. The Morgan fingerprint density at radius 3 is 2.77 bits per heavy atom. The monoisotopic (exact) mass is 423 g/mol. The normalized spacial score (nSPS) is 19.3. The van der Waals surface area contributed by atoms with Crippen molar-refractivity contribution in [2.24, 2.45) is 23.9 Å². The lowest BCUT2D eigenvalue weighted by Crippen LogP contribution is -2.26. The van der Waals surface area contributed by atoms with Gasteiger partial charge in [-0.2, -0.15) is 10.1 Å². The standard InChI is InChI=1S/C23H29N5O3/c1-14(2)16-8-7-9-17(27-22(30)31-23(3,4)5)18-12-15(10-11-24-18)20-19(26-21(16)29)13-25-28(20)6/h7-8,10-14,16H,9H2,1-6H3,(H,26,29)/b8-7+,27-17?/t16-/m0/s1. The molecule has 8 nitrogen and oxygen atoms in total. The molecule has 8 heteroatoms. The first-order valence-electron chi connectivity index (χ1n) is 10.3. The number of carbonyl (C=O) groups is 2. The Bertz CT molecular complexity index is 1040. The lowest BCUT2D eigenvalue weighted by atomic mass is 9.93. The highest BCUT2D eigenvalue weighted by Gasteiger charge is 2.24. The number of aromatic nitrogens is 3. The molecule has 2 aromatic rings. The van der Waals surface area contributed by atoms with Crippen molar-refractivity contribution in [2.45, 2.75) is 46.6 Å². The summed E-state index contributed by atoms with van der Waals surface area (Å²) >= 11 is 0. The van der Waals surface area contributed by atoms with Gasteiger partial charge in [-0.1, -0.05) is 26.0 Å². The molecule has 0 unspecified atom stereocenters. The highest BCUT2D eigenvalue weighted by atomic mass is 16.6. The van der Waals surface area contributed by atoms with Crippen LogP contribution in [0.4, 0.5) is 10.5 Å². The molecule has 0 spiro atoms. The summed E-state index contributed by atoms with van der Waals surface area (Å²) in [6, 6.07) is 3.67. The van der Waals surface area contributed by atoms with Crippen LogP contribution in [0.3, 0.4) is 0 Å². The van der Waals surface area contributed by atoms with Crippen molar-refractivity contribution in [3.63, 3.8) is 0 Å². The van der Waals surface area contributed by atoms with Gasteiger partial charge in [0.15, 0.2) is 0 Å². The van der Waals surface area contributed by atoms with Crippen molar-refractivity contribution in [3.05, 3.63) is 42.4 Å². The molecule has 0 aromatic carbocycles. The van der Waals surface area contributed by atoms with E-state index in [1.165, 1.54) is 0 Å². The molecule has 1 N–H and O–H groups in total. The fraction of sp³-hybridized carbons (Fsp3) is 0.435. The van der Waals surface area contributed by atoms with E-state index in [0.717, 1.165) is 11.3 Å². The number of anilines is 1. The summed E-state index contributed by atoms with van der Waals surface area (Å²) in [5, 5.41) is 7.32. The molecular weight excluding hydrogens is 394 g/mol. The number of fused-ring (bicyclic) bond motifs is 4. The highest BCUT2D eigenvalue weighted by molar-refractivity contribution is 6.06. The minimum atomic E-state index is -0.672. The van der Waals surface area contributed by atoms with E-state index in [0.29, 0.717) is 23.5 Å². The van der Waals surface area contributed by atoms with Crippen LogP contribution < -0.4 is 5.32 Å². The Kier molecular flexibility index (Phi) is 6.38. The number of rotatable bonds is 1. The van der Waals surface area contributed by atoms with Gasteiger partial charge in [-0.05, 0) is 38.8 Å². The molecule has 3 heterocycles. The average molecular weight is 424 g/mol. The molecule has 3 rings (SSSR count). The Labute approximate surface area is 182 Å². The maximum Gasteiger partial charge on any atom is 0.434 e. The molecule has 1 aliphatic heterocycles. The SMILES string of the molecule is CC(C)[C@@H]1/C=C/CC(=NC(=O)OC(C)(C)C)c2cc(ccn2)-c2c(cnn2C)NC1=O. The quantitative estimate of drug-likeness (QED) is 0.687. The zero-order chi connectivity index (χ0) is 22.8. The second kappa shape index (κ2) is 8.83. The minimum absolute atomic E-state index is 0.0847. The van der Waals surface area contributed by atoms with Gasteiger partial charge in [0.25, 0.3) is 0 Å². The number of pyridine rings is 1. The van der Waals surface area contributed by atoms with E-state index in [-0.39, 0.29) is 17.7 Å². The largest absolute Gasteiger partial charge is 0.442 e. The summed E-state index contributed by atoms with van der Waals surface area (Å²) in [5.41, 5.74) is 2.56. The first kappa shape index (κ1) is 22.4. The van der Waals surface area contributed by atoms with Gasteiger partial charge in [0, 0.05) is 25.2 Å². The van der Waals surface area contributed by atoms with Crippen LogP contribution in [0.2, 0.25) is 0 Å². The zero-order valence-electron chi connectivity index (χ0n) is 18.8. The maximum atomic E-state index is 13.0. The predicted molar refractivity (Wildman–Crippen MR) is 120 cm³/mol. The molecule has 2 aromatic heterocycles. The Hall–Kier alpha value is -3.29. The van der Waals surface area contributed by atoms with Crippen molar-refractivity contribution in [1.29, 1.82) is 0 Å². The molecular formula is C23H29N5O3. The lowest BCUT2D eigenvalue weighted by Gasteiger charge is -2.19. The van der Waals surface area contributed by atoms with Crippen molar-refractivity contribution in [3.8, 4) is 11.3 Å². The lowest BCUT2D eigenvalue weighted by molar-refractivity contribution is -0.119. The van der Waals surface area contributed by atoms with Gasteiger partial charge in [0.1, 0.15) is 5.60 Å². The molecule has 1 aliphatic rings. The molecule has 0 fully saturated rings. The highest BCUT2D eigenvalue weighted by Crippen LogP contribution is 2.29. The van der Waals surface area contributed by atoms with Gasteiger partial charge in [-0.25, -0.2) is 4.79 Å². The van der Waals surface area contributed by atoms with E-state index < -0.39 is 11.7 Å². The van der Waals surface area contributed by atoms with Gasteiger partial charge in [0.05, 0.1) is 34.9 Å². The van der Waals surface area contributed by atoms with Gasteiger partial charge >= 0.3 is 6.09 Å². The Morgan fingerprint density at radius 1 is 1.35 bits per heavy atom. The number of hydrogen-bond donors (Lipinski definition) is 1. The summed E-state index contributed by atoms with van der Waals surface area (Å²) in [4.78, 5) is 34.0. The van der Waals surface area contributed by atoms with E-state index in [1.54, 1.807) is 37.8 Å². The molecule has 0 aliphatic carbocycles. The van der Waals surface area contributed by atoms with E-state index in [4.69, 9.17) is 4.74 Å². The van der Waals surface area contributed by atoms with Crippen LogP contribution in [0.15, 0.2) is 41.7 Å². The second-order valence-electron chi connectivity index (χ2n) is 8.89. The second-order valence-corrected chi connectivity index (χ2v) is 8.89. The molecule has 31 heavy (non-hydrogen) atoms. The van der Waals surface area contributed by atoms with Gasteiger partial charge < -0.3 is 10.1 Å². The van der Waals surface area contributed by atoms with E-state index in [2.05, 4.69) is 20.4 Å². The van der Waals surface area contributed by atoms with Crippen LogP contribution in [-0.2, 0) is 16.6 Å². The Morgan fingerprint density at radius 2 is 2.10 bits per heavy atom. The molecule has 0 radical (unpaired) electrons. The maximum absolute atomic E-state index is 13.0. The third-order valence-electron chi connectivity index (χ3n) is 4.82. The van der Waals surface area contributed by atoms with Gasteiger partial charge in [0.2, 0.25) is 5.91 Å². The number of aliphatic imine (C=N–C) groups is 1. The number of ether oxygens (including phenoxy) is 1. The number of allylic oxidation sites excluding steroid dienone is 1. The molecule has 1 atom stereocenters. The molecule has 0 saturated carbocycles. The van der Waals surface area contributed by atoms with Crippen LogP contribution in [0.1, 0.15) is 46.7 Å². The summed E-state index contributed by atoms with van der Waals surface area (Å²) < 4.78 is 7.07. The zero-order valence-corrected chi connectivity index (χ0v) is 18.8. The summed E-state index contributed by atoms with van der Waals surface area (Å²) in [7, 11) is 1.81. The average Bonchev–Trinajstić information content (AvgIpc) is 3.01. The first-order valence-corrected chi connectivity index (χ1v) is 10.3. The number of nitrogens with one attached hydrogen (secondary N) is 1.